The van der Waals surface area contributed by atoms with Crippen molar-refractivity contribution in [2.45, 2.75) is 18.8 Å². The number of morpholine rings is 1. The first-order valence-corrected chi connectivity index (χ1v) is 10.4. The minimum absolute atomic E-state index is 0.0537. The molecule has 1 aromatic heterocycles. The van der Waals surface area contributed by atoms with Crippen LogP contribution in [0.2, 0.25) is 5.02 Å². The van der Waals surface area contributed by atoms with E-state index in [9.17, 15) is 8.42 Å². The van der Waals surface area contributed by atoms with Crippen molar-refractivity contribution in [1.82, 2.24) is 14.3 Å². The Bertz CT molecular complexity index is 899. The van der Waals surface area contributed by atoms with Crippen LogP contribution in [0.5, 0.6) is 0 Å². The summed E-state index contributed by atoms with van der Waals surface area (Å²) in [4.78, 5) is 11.1. The number of sulfonamides is 1. The SMILES string of the molecule is O=S(=O)(Cc1ccc(Cl)cc1)N1Cc2cnc(N3CCOCC3)nc2C1. The summed E-state index contributed by atoms with van der Waals surface area (Å²) in [6, 6.07) is 6.87. The van der Waals surface area contributed by atoms with Crippen LogP contribution in [0.3, 0.4) is 0 Å². The van der Waals surface area contributed by atoms with Gasteiger partial charge in [-0.1, -0.05) is 23.7 Å². The smallest absolute Gasteiger partial charge is 0.225 e. The van der Waals surface area contributed by atoms with Crippen molar-refractivity contribution >= 4 is 27.6 Å². The Morgan fingerprint density at radius 3 is 2.58 bits per heavy atom. The van der Waals surface area contributed by atoms with Gasteiger partial charge in [-0.2, -0.15) is 4.31 Å². The molecular formula is C17H19ClN4O3S. The molecule has 0 bridgehead atoms. The summed E-state index contributed by atoms with van der Waals surface area (Å²) in [5.74, 6) is 0.589. The molecule has 0 saturated carbocycles. The first kappa shape index (κ1) is 17.7. The van der Waals surface area contributed by atoms with E-state index in [4.69, 9.17) is 16.3 Å². The third-order valence-electron chi connectivity index (χ3n) is 4.56. The summed E-state index contributed by atoms with van der Waals surface area (Å²) in [7, 11) is -3.44. The molecule has 4 rings (SSSR count). The molecule has 138 valence electrons. The number of rotatable bonds is 4. The van der Waals surface area contributed by atoms with Crippen LogP contribution in [0.15, 0.2) is 30.5 Å². The Morgan fingerprint density at radius 1 is 1.12 bits per heavy atom. The number of hydrogen-bond acceptors (Lipinski definition) is 6. The fourth-order valence-electron chi connectivity index (χ4n) is 3.11. The van der Waals surface area contributed by atoms with E-state index < -0.39 is 10.0 Å². The molecule has 2 aliphatic heterocycles. The number of hydrogen-bond donors (Lipinski definition) is 0. The first-order chi connectivity index (χ1) is 12.5. The van der Waals surface area contributed by atoms with E-state index in [2.05, 4.69) is 14.9 Å². The van der Waals surface area contributed by atoms with Gasteiger partial charge in [-0.15, -0.1) is 0 Å². The van der Waals surface area contributed by atoms with Crippen LogP contribution in [0.4, 0.5) is 5.95 Å². The molecule has 0 spiro atoms. The van der Waals surface area contributed by atoms with E-state index in [0.29, 0.717) is 36.3 Å². The number of fused-ring (bicyclic) bond motifs is 1. The normalized spacial score (nSPS) is 18.1. The molecule has 7 nitrogen and oxygen atoms in total. The van der Waals surface area contributed by atoms with E-state index in [1.54, 1.807) is 30.5 Å². The summed E-state index contributed by atoms with van der Waals surface area (Å²) in [5.41, 5.74) is 2.35. The van der Waals surface area contributed by atoms with Gasteiger partial charge in [0.15, 0.2) is 0 Å². The highest BCUT2D eigenvalue weighted by molar-refractivity contribution is 7.88. The number of ether oxygens (including phenoxy) is 1. The van der Waals surface area contributed by atoms with Gasteiger partial charge in [-0.25, -0.2) is 18.4 Å². The third kappa shape index (κ3) is 3.68. The molecule has 0 N–H and O–H groups in total. The summed E-state index contributed by atoms with van der Waals surface area (Å²) >= 11 is 5.86. The molecule has 1 aromatic carbocycles. The molecular weight excluding hydrogens is 376 g/mol. The second-order valence-electron chi connectivity index (χ2n) is 6.39. The highest BCUT2D eigenvalue weighted by atomic mass is 35.5. The highest BCUT2D eigenvalue weighted by Gasteiger charge is 2.31. The first-order valence-electron chi connectivity index (χ1n) is 8.41. The van der Waals surface area contributed by atoms with Crippen LogP contribution in [-0.4, -0.2) is 49.0 Å². The Morgan fingerprint density at radius 2 is 1.85 bits per heavy atom. The highest BCUT2D eigenvalue weighted by Crippen LogP contribution is 2.27. The maximum atomic E-state index is 12.8. The van der Waals surface area contributed by atoms with Gasteiger partial charge in [0.25, 0.3) is 0 Å². The molecule has 0 unspecified atom stereocenters. The average Bonchev–Trinajstić information content (AvgIpc) is 3.08. The zero-order valence-corrected chi connectivity index (χ0v) is 15.7. The lowest BCUT2D eigenvalue weighted by Gasteiger charge is -2.26. The molecule has 1 fully saturated rings. The molecule has 2 aromatic rings. The average molecular weight is 395 g/mol. The van der Waals surface area contributed by atoms with Crippen molar-refractivity contribution in [2.24, 2.45) is 0 Å². The Hall–Kier alpha value is -1.74. The maximum Gasteiger partial charge on any atom is 0.225 e. The third-order valence-corrected chi connectivity index (χ3v) is 6.56. The van der Waals surface area contributed by atoms with E-state index >= 15 is 0 Å². The monoisotopic (exact) mass is 394 g/mol. The van der Waals surface area contributed by atoms with Crippen LogP contribution < -0.4 is 4.90 Å². The molecule has 26 heavy (non-hydrogen) atoms. The van der Waals surface area contributed by atoms with Crippen LogP contribution in [0.1, 0.15) is 16.8 Å². The second kappa shape index (κ2) is 7.11. The molecule has 9 heteroatoms. The number of anilines is 1. The van der Waals surface area contributed by atoms with Crippen molar-refractivity contribution in [3.8, 4) is 0 Å². The minimum Gasteiger partial charge on any atom is -0.378 e. The lowest BCUT2D eigenvalue weighted by atomic mass is 10.2. The fraction of sp³-hybridized carbons (Fsp3) is 0.412. The standard InChI is InChI=1S/C17H19ClN4O3S/c18-15-3-1-13(2-4-15)12-26(23,24)22-10-14-9-19-17(20-16(14)11-22)21-5-7-25-8-6-21/h1-4,9H,5-8,10-12H2. The summed E-state index contributed by atoms with van der Waals surface area (Å²) in [6.45, 7) is 3.40. The van der Waals surface area contributed by atoms with E-state index in [0.717, 1.165) is 24.3 Å². The number of nitrogens with zero attached hydrogens (tertiary/aromatic N) is 4. The van der Waals surface area contributed by atoms with Gasteiger partial charge in [0.1, 0.15) is 0 Å². The summed E-state index contributed by atoms with van der Waals surface area (Å²) in [6.07, 6.45) is 1.74. The van der Waals surface area contributed by atoms with Gasteiger partial charge in [0, 0.05) is 36.4 Å². The Kier molecular flexibility index (Phi) is 4.83. The van der Waals surface area contributed by atoms with Gasteiger partial charge in [0.05, 0.1) is 31.2 Å². The zero-order valence-electron chi connectivity index (χ0n) is 14.1. The van der Waals surface area contributed by atoms with E-state index in [1.165, 1.54) is 4.31 Å². The predicted octanol–water partition coefficient (Wildman–Crippen LogP) is 1.81. The quantitative estimate of drug-likeness (QED) is 0.787. The Labute approximate surface area is 157 Å². The van der Waals surface area contributed by atoms with E-state index in [-0.39, 0.29) is 12.3 Å². The van der Waals surface area contributed by atoms with Gasteiger partial charge in [-0.05, 0) is 17.7 Å². The van der Waals surface area contributed by atoms with Crippen molar-refractivity contribution in [3.05, 3.63) is 52.3 Å². The second-order valence-corrected chi connectivity index (χ2v) is 8.80. The van der Waals surface area contributed by atoms with Crippen molar-refractivity contribution < 1.29 is 13.2 Å². The van der Waals surface area contributed by atoms with Crippen molar-refractivity contribution in [3.63, 3.8) is 0 Å². The number of aromatic nitrogens is 2. The summed E-state index contributed by atoms with van der Waals surface area (Å²) in [5, 5.41) is 0.589. The molecule has 1 saturated heterocycles. The summed E-state index contributed by atoms with van der Waals surface area (Å²) < 4.78 is 32.3. The molecule has 3 heterocycles. The van der Waals surface area contributed by atoms with Crippen LogP contribution >= 0.6 is 11.6 Å². The molecule has 2 aliphatic rings. The van der Waals surface area contributed by atoms with Gasteiger partial charge in [-0.3, -0.25) is 0 Å². The fourth-order valence-corrected chi connectivity index (χ4v) is 4.69. The molecule has 0 amide bonds. The number of halogens is 1. The zero-order chi connectivity index (χ0) is 18.1. The van der Waals surface area contributed by atoms with E-state index in [1.807, 2.05) is 0 Å². The van der Waals surface area contributed by atoms with Crippen LogP contribution in [0.25, 0.3) is 0 Å². The van der Waals surface area contributed by atoms with Crippen molar-refractivity contribution in [1.29, 1.82) is 0 Å². The predicted molar refractivity (Wildman–Crippen MR) is 98.4 cm³/mol. The molecule has 0 radical (unpaired) electrons. The maximum absolute atomic E-state index is 12.8. The Balaban J connectivity index is 1.49. The number of benzene rings is 1. The van der Waals surface area contributed by atoms with Gasteiger partial charge >= 0.3 is 0 Å². The van der Waals surface area contributed by atoms with Crippen LogP contribution in [-0.2, 0) is 33.6 Å². The van der Waals surface area contributed by atoms with Crippen molar-refractivity contribution in [2.75, 3.05) is 31.2 Å². The van der Waals surface area contributed by atoms with Gasteiger partial charge in [0.2, 0.25) is 16.0 Å². The topological polar surface area (TPSA) is 75.6 Å². The van der Waals surface area contributed by atoms with Gasteiger partial charge < -0.3 is 9.64 Å². The molecule has 0 atom stereocenters. The molecule has 0 aliphatic carbocycles. The minimum atomic E-state index is -3.44. The lowest BCUT2D eigenvalue weighted by molar-refractivity contribution is 0.122. The lowest BCUT2D eigenvalue weighted by Crippen LogP contribution is -2.37. The largest absolute Gasteiger partial charge is 0.378 e. The van der Waals surface area contributed by atoms with Crippen LogP contribution in [0, 0.1) is 0 Å².